The number of anilines is 1. The summed E-state index contributed by atoms with van der Waals surface area (Å²) in [6, 6.07) is -0.0735. The maximum absolute atomic E-state index is 15.3. The number of phenolic OH excluding ortho intramolecular Hbond substituents is 1. The standard InChI is InChI=1S/C20H24FN3O5/c1-9-15-13(18(28)22-19(29)24(15)10-2-3-10)17(27)14(21)16(9)23-6-11(12(26)7-25)20(8-23)4-5-20/h10-12,25-27H,2-8H2,1H3,(H,22,28,29). The maximum atomic E-state index is 15.3. The average molecular weight is 405 g/mol. The fourth-order valence-electron chi connectivity index (χ4n) is 5.20. The molecule has 2 aliphatic carbocycles. The van der Waals surface area contributed by atoms with Gasteiger partial charge in [-0.2, -0.15) is 0 Å². The van der Waals surface area contributed by atoms with Crippen LogP contribution in [-0.2, 0) is 0 Å². The SMILES string of the molecule is Cc1c(N2CC(C(O)CO)C3(CC3)C2)c(F)c(O)c2c(=O)[nH]c(=O)n(C3CC3)c12. The van der Waals surface area contributed by atoms with E-state index in [1.807, 2.05) is 0 Å². The van der Waals surface area contributed by atoms with Crippen LogP contribution in [0, 0.1) is 24.1 Å². The second-order valence-electron chi connectivity index (χ2n) is 8.82. The predicted molar refractivity (Wildman–Crippen MR) is 104 cm³/mol. The Morgan fingerprint density at radius 2 is 2.00 bits per heavy atom. The number of phenols is 1. The largest absolute Gasteiger partial charge is 0.504 e. The highest BCUT2D eigenvalue weighted by Gasteiger charge is 2.57. The van der Waals surface area contributed by atoms with Gasteiger partial charge in [0.15, 0.2) is 11.6 Å². The summed E-state index contributed by atoms with van der Waals surface area (Å²) in [4.78, 5) is 28.8. The van der Waals surface area contributed by atoms with Crippen molar-refractivity contribution in [2.45, 2.75) is 44.8 Å². The molecule has 1 aromatic heterocycles. The van der Waals surface area contributed by atoms with Crippen LogP contribution in [0.2, 0.25) is 0 Å². The number of hydrogen-bond acceptors (Lipinski definition) is 6. The van der Waals surface area contributed by atoms with E-state index >= 15 is 4.39 Å². The Bertz CT molecular complexity index is 1130. The molecule has 29 heavy (non-hydrogen) atoms. The van der Waals surface area contributed by atoms with Gasteiger partial charge in [0.1, 0.15) is 5.39 Å². The second-order valence-corrected chi connectivity index (χ2v) is 8.82. The molecule has 2 saturated carbocycles. The predicted octanol–water partition coefficient (Wildman–Crippen LogP) is 0.747. The number of aromatic amines is 1. The van der Waals surface area contributed by atoms with E-state index in [1.54, 1.807) is 11.8 Å². The van der Waals surface area contributed by atoms with Crippen LogP contribution in [0.15, 0.2) is 9.59 Å². The Kier molecular flexibility index (Phi) is 3.89. The summed E-state index contributed by atoms with van der Waals surface area (Å²) >= 11 is 0. The number of aromatic nitrogens is 2. The molecule has 156 valence electrons. The van der Waals surface area contributed by atoms with Crippen LogP contribution in [0.25, 0.3) is 10.9 Å². The van der Waals surface area contributed by atoms with Crippen molar-refractivity contribution in [3.05, 3.63) is 32.2 Å². The van der Waals surface area contributed by atoms with Gasteiger partial charge in [-0.05, 0) is 38.0 Å². The highest BCUT2D eigenvalue weighted by Crippen LogP contribution is 2.58. The first kappa shape index (κ1) is 18.6. The molecule has 4 N–H and O–H groups in total. The molecular weight excluding hydrogens is 381 g/mol. The van der Waals surface area contributed by atoms with Gasteiger partial charge in [0, 0.05) is 30.6 Å². The number of nitrogens with zero attached hydrogens (tertiary/aromatic N) is 2. The molecule has 2 heterocycles. The van der Waals surface area contributed by atoms with Crippen LogP contribution in [-0.4, -0.2) is 50.7 Å². The number of hydrogen-bond donors (Lipinski definition) is 4. The summed E-state index contributed by atoms with van der Waals surface area (Å²) in [6.45, 7) is 2.13. The van der Waals surface area contributed by atoms with E-state index in [-0.39, 0.29) is 40.6 Å². The van der Waals surface area contributed by atoms with Gasteiger partial charge in [-0.1, -0.05) is 0 Å². The average Bonchev–Trinajstić information content (AvgIpc) is 3.58. The van der Waals surface area contributed by atoms with Crippen molar-refractivity contribution in [3.63, 3.8) is 0 Å². The Hall–Kier alpha value is -2.39. The summed E-state index contributed by atoms with van der Waals surface area (Å²) in [5.41, 5.74) is -0.671. The molecule has 3 fully saturated rings. The van der Waals surface area contributed by atoms with Crippen LogP contribution in [0.1, 0.15) is 37.3 Å². The zero-order chi connectivity index (χ0) is 20.7. The van der Waals surface area contributed by atoms with Crippen LogP contribution in [0.3, 0.4) is 0 Å². The van der Waals surface area contributed by atoms with Crippen molar-refractivity contribution >= 4 is 16.6 Å². The molecule has 2 unspecified atom stereocenters. The number of aromatic hydroxyl groups is 1. The summed E-state index contributed by atoms with van der Waals surface area (Å²) in [5, 5.41) is 30.0. The molecule has 0 radical (unpaired) electrons. The zero-order valence-corrected chi connectivity index (χ0v) is 16.1. The van der Waals surface area contributed by atoms with Crippen molar-refractivity contribution in [1.82, 2.24) is 9.55 Å². The van der Waals surface area contributed by atoms with Gasteiger partial charge < -0.3 is 20.2 Å². The fourth-order valence-corrected chi connectivity index (χ4v) is 5.20. The molecule has 1 saturated heterocycles. The molecule has 1 aliphatic heterocycles. The van der Waals surface area contributed by atoms with E-state index in [2.05, 4.69) is 4.98 Å². The minimum absolute atomic E-state index is 0.0735. The van der Waals surface area contributed by atoms with Gasteiger partial charge in [0.25, 0.3) is 5.56 Å². The minimum atomic E-state index is -0.896. The number of H-pyrrole nitrogens is 1. The van der Waals surface area contributed by atoms with Crippen molar-refractivity contribution < 1.29 is 19.7 Å². The number of aliphatic hydroxyl groups is 2. The molecule has 3 aliphatic rings. The number of rotatable bonds is 4. The summed E-state index contributed by atoms with van der Waals surface area (Å²) in [5.74, 6) is -1.85. The summed E-state index contributed by atoms with van der Waals surface area (Å²) < 4.78 is 16.8. The lowest BCUT2D eigenvalue weighted by atomic mass is 9.88. The van der Waals surface area contributed by atoms with E-state index in [4.69, 9.17) is 0 Å². The molecule has 8 nitrogen and oxygen atoms in total. The summed E-state index contributed by atoms with van der Waals surface area (Å²) in [6.07, 6.45) is 2.44. The van der Waals surface area contributed by atoms with E-state index in [0.29, 0.717) is 18.7 Å². The summed E-state index contributed by atoms with van der Waals surface area (Å²) in [7, 11) is 0. The molecule has 0 bridgehead atoms. The van der Waals surface area contributed by atoms with Crippen molar-refractivity contribution in [1.29, 1.82) is 0 Å². The van der Waals surface area contributed by atoms with Gasteiger partial charge >= 0.3 is 5.69 Å². The molecule has 1 aromatic carbocycles. The van der Waals surface area contributed by atoms with Crippen molar-refractivity contribution in [3.8, 4) is 5.75 Å². The lowest BCUT2D eigenvalue weighted by Crippen LogP contribution is -2.32. The van der Waals surface area contributed by atoms with Crippen LogP contribution in [0.5, 0.6) is 5.75 Å². The Morgan fingerprint density at radius 3 is 2.59 bits per heavy atom. The smallest absolute Gasteiger partial charge is 0.329 e. The molecule has 0 amide bonds. The minimum Gasteiger partial charge on any atom is -0.504 e. The number of benzene rings is 1. The number of nitrogens with one attached hydrogen (secondary N) is 1. The number of aliphatic hydroxyl groups excluding tert-OH is 2. The van der Waals surface area contributed by atoms with Gasteiger partial charge in [-0.15, -0.1) is 0 Å². The quantitative estimate of drug-likeness (QED) is 0.596. The van der Waals surface area contributed by atoms with Gasteiger partial charge in [0.05, 0.1) is 23.9 Å². The van der Waals surface area contributed by atoms with E-state index in [1.165, 1.54) is 4.57 Å². The topological polar surface area (TPSA) is 119 Å². The molecular formula is C20H24FN3O5. The molecule has 2 aromatic rings. The van der Waals surface area contributed by atoms with E-state index in [9.17, 15) is 24.9 Å². The second kappa shape index (κ2) is 6.06. The van der Waals surface area contributed by atoms with Crippen LogP contribution < -0.4 is 16.1 Å². The Labute approximate surface area is 165 Å². The van der Waals surface area contributed by atoms with Gasteiger partial charge in [-0.25, -0.2) is 9.18 Å². The first-order chi connectivity index (χ1) is 13.8. The number of halogens is 1. The first-order valence-corrected chi connectivity index (χ1v) is 10.0. The highest BCUT2D eigenvalue weighted by molar-refractivity contribution is 5.92. The molecule has 5 rings (SSSR count). The molecule has 1 spiro atoms. The fraction of sp³-hybridized carbons (Fsp3) is 0.600. The maximum Gasteiger partial charge on any atom is 0.329 e. The highest BCUT2D eigenvalue weighted by atomic mass is 19.1. The molecule has 9 heteroatoms. The van der Waals surface area contributed by atoms with Crippen molar-refractivity contribution in [2.24, 2.45) is 11.3 Å². The normalized spacial score (nSPS) is 23.9. The van der Waals surface area contributed by atoms with E-state index < -0.39 is 28.9 Å². The lowest BCUT2D eigenvalue weighted by molar-refractivity contribution is 0.0335. The molecule has 2 atom stereocenters. The number of aryl methyl sites for hydroxylation is 1. The van der Waals surface area contributed by atoms with Crippen molar-refractivity contribution in [2.75, 3.05) is 24.6 Å². The third-order valence-electron chi connectivity index (χ3n) is 6.99. The van der Waals surface area contributed by atoms with E-state index in [0.717, 1.165) is 25.7 Å². The zero-order valence-electron chi connectivity index (χ0n) is 16.1. The third-order valence-corrected chi connectivity index (χ3v) is 6.99. The Balaban J connectivity index is 1.73. The van der Waals surface area contributed by atoms with Crippen LogP contribution in [0.4, 0.5) is 10.1 Å². The lowest BCUT2D eigenvalue weighted by Gasteiger charge is -2.25. The first-order valence-electron chi connectivity index (χ1n) is 10.0. The van der Waals surface area contributed by atoms with Gasteiger partial charge in [0.2, 0.25) is 0 Å². The number of fused-ring (bicyclic) bond motifs is 1. The third kappa shape index (κ3) is 2.56. The monoisotopic (exact) mass is 405 g/mol. The van der Waals surface area contributed by atoms with Crippen LogP contribution >= 0.6 is 0 Å². The van der Waals surface area contributed by atoms with Gasteiger partial charge in [-0.3, -0.25) is 14.3 Å². The Morgan fingerprint density at radius 1 is 1.31 bits per heavy atom.